The summed E-state index contributed by atoms with van der Waals surface area (Å²) < 4.78 is 29.8. The molecule has 0 atom stereocenters. The highest BCUT2D eigenvalue weighted by molar-refractivity contribution is 14.0. The molecule has 0 unspecified atom stereocenters. The number of nitrogens with zero attached hydrogens (tertiary/aromatic N) is 1. The Balaban J connectivity index is 0.00000280. The molecule has 28 heavy (non-hydrogen) atoms. The van der Waals surface area contributed by atoms with Crippen LogP contribution >= 0.6 is 24.0 Å². The Hall–Kier alpha value is -2.23. The quantitative estimate of drug-likeness (QED) is 0.346. The van der Waals surface area contributed by atoms with Crippen molar-refractivity contribution in [3.63, 3.8) is 0 Å². The maximum absolute atomic E-state index is 13.9. The Labute approximate surface area is 181 Å². The molecule has 0 radical (unpaired) electrons. The Morgan fingerprint density at radius 1 is 1.11 bits per heavy atom. The summed E-state index contributed by atoms with van der Waals surface area (Å²) >= 11 is 0. The highest BCUT2D eigenvalue weighted by Gasteiger charge is 2.13. The second kappa shape index (κ2) is 10.9. The van der Waals surface area contributed by atoms with E-state index in [0.717, 1.165) is 29.0 Å². The first-order chi connectivity index (χ1) is 13.2. The van der Waals surface area contributed by atoms with Crippen LogP contribution in [0.25, 0.3) is 0 Å². The Morgan fingerprint density at radius 2 is 1.89 bits per heavy atom. The minimum absolute atomic E-state index is 0. The molecule has 0 aliphatic carbocycles. The topological polar surface area (TPSA) is 64.1 Å². The lowest BCUT2D eigenvalue weighted by Crippen LogP contribution is -2.37. The molecule has 3 rings (SSSR count). The fourth-order valence-electron chi connectivity index (χ4n) is 2.75. The minimum Gasteiger partial charge on any atom is -0.491 e. The fraction of sp³-hybridized carbons (Fsp3) is 0.350. The molecule has 0 amide bonds. The molecular formula is C20H25FIN3O3. The van der Waals surface area contributed by atoms with E-state index in [1.165, 1.54) is 6.07 Å². The number of rotatable bonds is 7. The third-order valence-electron chi connectivity index (χ3n) is 4.12. The van der Waals surface area contributed by atoms with E-state index < -0.39 is 0 Å². The zero-order chi connectivity index (χ0) is 19.1. The van der Waals surface area contributed by atoms with Crippen LogP contribution in [0.5, 0.6) is 17.2 Å². The van der Waals surface area contributed by atoms with Gasteiger partial charge in [-0.15, -0.1) is 24.0 Å². The van der Waals surface area contributed by atoms with E-state index in [9.17, 15) is 4.39 Å². The van der Waals surface area contributed by atoms with Crippen molar-refractivity contribution < 1.29 is 18.6 Å². The van der Waals surface area contributed by atoms with Crippen LogP contribution in [-0.2, 0) is 13.0 Å². The van der Waals surface area contributed by atoms with Gasteiger partial charge in [0.2, 0.25) is 6.79 Å². The van der Waals surface area contributed by atoms with Gasteiger partial charge in [0.25, 0.3) is 0 Å². The number of fused-ring (bicyclic) bond motifs is 1. The minimum atomic E-state index is -0.359. The largest absolute Gasteiger partial charge is 0.491 e. The second-order valence-corrected chi connectivity index (χ2v) is 5.99. The monoisotopic (exact) mass is 501 g/mol. The second-order valence-electron chi connectivity index (χ2n) is 5.99. The molecule has 0 spiro atoms. The lowest BCUT2D eigenvalue weighted by atomic mass is 10.1. The molecule has 0 aromatic heterocycles. The average Bonchev–Trinajstić information content (AvgIpc) is 3.14. The summed E-state index contributed by atoms with van der Waals surface area (Å²) in [5.41, 5.74) is 1.96. The molecule has 0 saturated carbocycles. The van der Waals surface area contributed by atoms with E-state index in [1.54, 1.807) is 13.1 Å². The van der Waals surface area contributed by atoms with E-state index in [4.69, 9.17) is 14.2 Å². The summed E-state index contributed by atoms with van der Waals surface area (Å²) in [6.07, 6.45) is 0.815. The van der Waals surface area contributed by atoms with E-state index in [2.05, 4.69) is 15.6 Å². The molecule has 8 heteroatoms. The zero-order valence-electron chi connectivity index (χ0n) is 16.0. The van der Waals surface area contributed by atoms with Crippen LogP contribution in [0.2, 0.25) is 0 Å². The van der Waals surface area contributed by atoms with Crippen molar-refractivity contribution in [2.24, 2.45) is 4.99 Å². The van der Waals surface area contributed by atoms with Gasteiger partial charge < -0.3 is 24.8 Å². The van der Waals surface area contributed by atoms with Gasteiger partial charge in [0.05, 0.1) is 6.61 Å². The number of aliphatic imine (C=N–C) groups is 1. The van der Waals surface area contributed by atoms with E-state index >= 15 is 0 Å². The molecule has 2 N–H and O–H groups in total. The third-order valence-corrected chi connectivity index (χ3v) is 4.12. The number of benzene rings is 2. The van der Waals surface area contributed by atoms with Gasteiger partial charge in [-0.3, -0.25) is 4.99 Å². The zero-order valence-corrected chi connectivity index (χ0v) is 18.3. The predicted octanol–water partition coefficient (Wildman–Crippen LogP) is 3.48. The number of guanidine groups is 1. The molecule has 152 valence electrons. The first-order valence-corrected chi connectivity index (χ1v) is 8.94. The molecule has 1 aliphatic rings. The lowest BCUT2D eigenvalue weighted by molar-refractivity contribution is 0.174. The maximum atomic E-state index is 13.9. The summed E-state index contributed by atoms with van der Waals surface area (Å²) in [6, 6.07) is 10.9. The van der Waals surface area contributed by atoms with Crippen LogP contribution in [0.15, 0.2) is 41.4 Å². The SMILES string of the molecule is CCOc1ccc(CNC(=NC)NCCc2ccc3c(c2)OCO3)cc1F.I. The van der Waals surface area contributed by atoms with Gasteiger partial charge in [-0.2, -0.15) is 0 Å². The van der Waals surface area contributed by atoms with Gasteiger partial charge in [-0.1, -0.05) is 12.1 Å². The average molecular weight is 501 g/mol. The number of ether oxygens (including phenoxy) is 3. The number of nitrogens with one attached hydrogen (secondary N) is 2. The van der Waals surface area contributed by atoms with Gasteiger partial charge in [0, 0.05) is 20.1 Å². The number of hydrogen-bond donors (Lipinski definition) is 2. The van der Waals surface area contributed by atoms with Crippen LogP contribution in [-0.4, -0.2) is 33.0 Å². The number of hydrogen-bond acceptors (Lipinski definition) is 4. The first kappa shape index (κ1) is 22.1. The van der Waals surface area contributed by atoms with Crippen molar-refractivity contribution >= 4 is 29.9 Å². The smallest absolute Gasteiger partial charge is 0.231 e. The maximum Gasteiger partial charge on any atom is 0.231 e. The first-order valence-electron chi connectivity index (χ1n) is 8.94. The molecule has 2 aromatic rings. The standard InChI is InChI=1S/C20H24FN3O3.HI/c1-3-25-17-6-5-15(10-16(17)21)12-24-20(22-2)23-9-8-14-4-7-18-19(11-14)27-13-26-18;/h4-7,10-11H,3,8-9,12-13H2,1-2H3,(H2,22,23,24);1H. The van der Waals surface area contributed by atoms with Crippen LogP contribution in [0.1, 0.15) is 18.1 Å². The van der Waals surface area contributed by atoms with Gasteiger partial charge in [0.1, 0.15) is 0 Å². The van der Waals surface area contributed by atoms with Crippen LogP contribution in [0, 0.1) is 5.82 Å². The summed E-state index contributed by atoms with van der Waals surface area (Å²) in [6.45, 7) is 3.71. The van der Waals surface area contributed by atoms with Crippen LogP contribution in [0.3, 0.4) is 0 Å². The van der Waals surface area contributed by atoms with E-state index in [-0.39, 0.29) is 42.3 Å². The van der Waals surface area contributed by atoms with Crippen LogP contribution in [0.4, 0.5) is 4.39 Å². The Morgan fingerprint density at radius 3 is 2.64 bits per heavy atom. The lowest BCUT2D eigenvalue weighted by Gasteiger charge is -2.13. The third kappa shape index (κ3) is 5.88. The molecule has 2 aromatic carbocycles. The van der Waals surface area contributed by atoms with E-state index in [0.29, 0.717) is 25.7 Å². The molecule has 1 aliphatic heterocycles. The molecule has 0 bridgehead atoms. The van der Waals surface area contributed by atoms with Crippen molar-refractivity contribution in [3.05, 3.63) is 53.3 Å². The fourth-order valence-corrected chi connectivity index (χ4v) is 2.75. The van der Waals surface area contributed by atoms with Crippen molar-refractivity contribution in [2.45, 2.75) is 19.9 Å². The van der Waals surface area contributed by atoms with Crippen molar-refractivity contribution in [1.29, 1.82) is 0 Å². The normalized spacial score (nSPS) is 12.3. The van der Waals surface area contributed by atoms with E-state index in [1.807, 2.05) is 31.2 Å². The predicted molar refractivity (Wildman–Crippen MR) is 117 cm³/mol. The summed E-state index contributed by atoms with van der Waals surface area (Å²) in [5, 5.41) is 6.43. The van der Waals surface area contributed by atoms with Gasteiger partial charge >= 0.3 is 0 Å². The molecule has 6 nitrogen and oxygen atoms in total. The Kier molecular flexibility index (Phi) is 8.62. The summed E-state index contributed by atoms with van der Waals surface area (Å²) in [5.74, 6) is 2.14. The van der Waals surface area contributed by atoms with Gasteiger partial charge in [-0.05, 0) is 48.7 Å². The highest BCUT2D eigenvalue weighted by atomic mass is 127. The molecule has 1 heterocycles. The van der Waals surface area contributed by atoms with Crippen LogP contribution < -0.4 is 24.8 Å². The summed E-state index contributed by atoms with van der Waals surface area (Å²) in [4.78, 5) is 4.19. The summed E-state index contributed by atoms with van der Waals surface area (Å²) in [7, 11) is 1.70. The van der Waals surface area contributed by atoms with Crippen molar-refractivity contribution in [2.75, 3.05) is 27.0 Å². The Bertz CT molecular complexity index is 817. The molecular weight excluding hydrogens is 476 g/mol. The molecule has 0 saturated heterocycles. The van der Waals surface area contributed by atoms with Gasteiger partial charge in [0.15, 0.2) is 29.0 Å². The molecule has 0 fully saturated rings. The number of halogens is 2. The van der Waals surface area contributed by atoms with Crippen molar-refractivity contribution in [3.8, 4) is 17.2 Å². The van der Waals surface area contributed by atoms with Gasteiger partial charge in [-0.25, -0.2) is 4.39 Å². The van der Waals surface area contributed by atoms with Crippen molar-refractivity contribution in [1.82, 2.24) is 10.6 Å². The highest BCUT2D eigenvalue weighted by Crippen LogP contribution is 2.32.